The molecule has 198 valence electrons. The first kappa shape index (κ1) is 26.6. The summed E-state index contributed by atoms with van der Waals surface area (Å²) in [5.41, 5.74) is 0.280. The molecule has 0 fully saturated rings. The van der Waals surface area contributed by atoms with Crippen LogP contribution in [0.25, 0.3) is 26.2 Å². The second-order valence-corrected chi connectivity index (χ2v) is 12.1. The standard InChI is InChI=1S/C27H11BrCl2N2O6S2/c28-13-5-7-15-19(10-13)39-23(21(15)29)25-31-17(26(33)38-25)9-12-3-1-2-4-18(12)37-27(34)24-22(30)16-8-6-14(32(35)36)11-20(16)40-24/h1-11H/b17-9+. The number of ether oxygens (including phenoxy) is 2. The molecule has 0 aliphatic carbocycles. The normalized spacial score (nSPS) is 14.1. The van der Waals surface area contributed by atoms with Crippen molar-refractivity contribution in [2.75, 3.05) is 0 Å². The molecule has 0 saturated carbocycles. The average molecular weight is 674 g/mol. The molecule has 0 amide bonds. The zero-order valence-corrected chi connectivity index (χ0v) is 24.4. The van der Waals surface area contributed by atoms with Gasteiger partial charge >= 0.3 is 11.9 Å². The first-order valence-electron chi connectivity index (χ1n) is 11.3. The predicted octanol–water partition coefficient (Wildman–Crippen LogP) is 8.66. The molecule has 6 rings (SSSR count). The molecule has 0 unspecified atom stereocenters. The van der Waals surface area contributed by atoms with Gasteiger partial charge in [0.2, 0.25) is 5.90 Å². The first-order chi connectivity index (χ1) is 19.2. The van der Waals surface area contributed by atoms with Gasteiger partial charge in [-0.1, -0.05) is 63.4 Å². The number of cyclic esters (lactones) is 1. The molecular formula is C27H11BrCl2N2O6S2. The number of non-ortho nitro benzene ring substituents is 1. The van der Waals surface area contributed by atoms with E-state index in [2.05, 4.69) is 20.9 Å². The van der Waals surface area contributed by atoms with Gasteiger partial charge in [-0.05, 0) is 30.3 Å². The van der Waals surface area contributed by atoms with Crippen LogP contribution in [-0.4, -0.2) is 22.8 Å². The number of esters is 2. The van der Waals surface area contributed by atoms with E-state index in [0.717, 1.165) is 25.9 Å². The van der Waals surface area contributed by atoms with E-state index >= 15 is 0 Å². The second-order valence-electron chi connectivity index (χ2n) is 8.33. The highest BCUT2D eigenvalue weighted by Crippen LogP contribution is 2.40. The zero-order valence-electron chi connectivity index (χ0n) is 19.6. The molecule has 2 aromatic heterocycles. The van der Waals surface area contributed by atoms with E-state index in [9.17, 15) is 19.7 Å². The lowest BCUT2D eigenvalue weighted by atomic mass is 10.1. The molecule has 0 radical (unpaired) electrons. The van der Waals surface area contributed by atoms with E-state index in [-0.39, 0.29) is 32.9 Å². The minimum atomic E-state index is -0.749. The van der Waals surface area contributed by atoms with Crippen molar-refractivity contribution in [3.63, 3.8) is 0 Å². The van der Waals surface area contributed by atoms with Crippen LogP contribution < -0.4 is 4.74 Å². The SMILES string of the molecule is O=C1OC(c2sc3cc(Br)ccc3c2Cl)=N/C1=C/c1ccccc1OC(=O)c1sc2cc([N+](=O)[O-])ccc2c1Cl. The van der Waals surface area contributed by atoms with E-state index < -0.39 is 16.9 Å². The lowest BCUT2D eigenvalue weighted by molar-refractivity contribution is -0.384. The predicted molar refractivity (Wildman–Crippen MR) is 160 cm³/mol. The van der Waals surface area contributed by atoms with Crippen LogP contribution in [0.2, 0.25) is 10.0 Å². The number of nitrogens with zero attached hydrogens (tertiary/aromatic N) is 2. The number of fused-ring (bicyclic) bond motifs is 2. The Morgan fingerprint density at radius 2 is 1.75 bits per heavy atom. The fourth-order valence-electron chi connectivity index (χ4n) is 3.97. The number of carbonyl (C=O) groups excluding carboxylic acids is 2. The summed E-state index contributed by atoms with van der Waals surface area (Å²) < 4.78 is 13.3. The molecule has 0 bridgehead atoms. The van der Waals surface area contributed by atoms with Crippen LogP contribution in [0.4, 0.5) is 5.69 Å². The molecule has 3 heterocycles. The number of nitro benzene ring substituents is 1. The van der Waals surface area contributed by atoms with Crippen molar-refractivity contribution in [1.82, 2.24) is 0 Å². The van der Waals surface area contributed by atoms with Crippen molar-refractivity contribution < 1.29 is 24.0 Å². The van der Waals surface area contributed by atoms with Gasteiger partial charge < -0.3 is 9.47 Å². The van der Waals surface area contributed by atoms with Crippen LogP contribution in [-0.2, 0) is 9.53 Å². The number of benzene rings is 3. The summed E-state index contributed by atoms with van der Waals surface area (Å²) in [6.07, 6.45) is 1.45. The van der Waals surface area contributed by atoms with E-state index in [1.807, 2.05) is 18.2 Å². The van der Waals surface area contributed by atoms with Crippen LogP contribution in [0.3, 0.4) is 0 Å². The molecule has 0 N–H and O–H groups in total. The Morgan fingerprint density at radius 3 is 2.55 bits per heavy atom. The molecule has 1 aliphatic heterocycles. The number of hydrogen-bond donors (Lipinski definition) is 0. The number of nitro groups is 1. The first-order valence-corrected chi connectivity index (χ1v) is 14.5. The van der Waals surface area contributed by atoms with Gasteiger partial charge in [-0.25, -0.2) is 14.6 Å². The largest absolute Gasteiger partial charge is 0.422 e. The Morgan fingerprint density at radius 1 is 1.02 bits per heavy atom. The average Bonchev–Trinajstić information content (AvgIpc) is 3.57. The lowest BCUT2D eigenvalue weighted by Gasteiger charge is -2.07. The Hall–Kier alpha value is -3.61. The molecule has 13 heteroatoms. The number of halogens is 3. The highest BCUT2D eigenvalue weighted by Gasteiger charge is 2.29. The van der Waals surface area contributed by atoms with Gasteiger partial charge in [0, 0.05) is 42.3 Å². The van der Waals surface area contributed by atoms with Crippen molar-refractivity contribution >= 4 is 112 Å². The van der Waals surface area contributed by atoms with Crippen LogP contribution in [0, 0.1) is 10.1 Å². The van der Waals surface area contributed by atoms with Gasteiger partial charge in [0.05, 0.1) is 15.0 Å². The van der Waals surface area contributed by atoms with E-state index in [0.29, 0.717) is 25.5 Å². The smallest absolute Gasteiger partial charge is 0.363 e. The van der Waals surface area contributed by atoms with Crippen LogP contribution >= 0.6 is 61.8 Å². The van der Waals surface area contributed by atoms with Gasteiger partial charge in [0.1, 0.15) is 15.5 Å². The number of thiophene rings is 2. The maximum atomic E-state index is 13.1. The molecule has 5 aromatic rings. The zero-order chi connectivity index (χ0) is 28.1. The highest BCUT2D eigenvalue weighted by molar-refractivity contribution is 9.10. The number of hydrogen-bond acceptors (Lipinski definition) is 9. The molecule has 0 spiro atoms. The fraction of sp³-hybridized carbons (Fsp3) is 0. The van der Waals surface area contributed by atoms with Crippen molar-refractivity contribution in [3.05, 3.63) is 106 Å². The minimum absolute atomic E-state index is 0.000376. The molecule has 0 atom stereocenters. The van der Waals surface area contributed by atoms with E-state index in [1.54, 1.807) is 24.3 Å². The maximum Gasteiger partial charge on any atom is 0.363 e. The monoisotopic (exact) mass is 672 g/mol. The van der Waals surface area contributed by atoms with Gasteiger partial charge in [0.25, 0.3) is 5.69 Å². The molecule has 40 heavy (non-hydrogen) atoms. The quantitative estimate of drug-likeness (QED) is 0.0607. The lowest BCUT2D eigenvalue weighted by Crippen LogP contribution is -2.08. The summed E-state index contributed by atoms with van der Waals surface area (Å²) in [6.45, 7) is 0. The maximum absolute atomic E-state index is 13.1. The number of carbonyl (C=O) groups is 2. The Bertz CT molecular complexity index is 1980. The fourth-order valence-corrected chi connectivity index (χ4v) is 7.38. The second kappa shape index (κ2) is 10.4. The Kier molecular flexibility index (Phi) is 6.93. The Labute approximate surface area is 251 Å². The molecule has 0 saturated heterocycles. The highest BCUT2D eigenvalue weighted by atomic mass is 79.9. The summed E-state index contributed by atoms with van der Waals surface area (Å²) in [7, 11) is 0. The van der Waals surface area contributed by atoms with Crippen molar-refractivity contribution in [1.29, 1.82) is 0 Å². The minimum Gasteiger partial charge on any atom is -0.422 e. The third-order valence-electron chi connectivity index (χ3n) is 5.83. The number of para-hydroxylation sites is 1. The summed E-state index contributed by atoms with van der Waals surface area (Å²) in [4.78, 5) is 41.3. The van der Waals surface area contributed by atoms with Crippen LogP contribution in [0.5, 0.6) is 5.75 Å². The summed E-state index contributed by atoms with van der Waals surface area (Å²) in [5, 5.41) is 13.0. The van der Waals surface area contributed by atoms with Crippen molar-refractivity contribution in [2.24, 2.45) is 4.99 Å². The molecular weight excluding hydrogens is 663 g/mol. The van der Waals surface area contributed by atoms with Crippen LogP contribution in [0.1, 0.15) is 20.1 Å². The summed E-state index contributed by atoms with van der Waals surface area (Å²) in [6, 6.07) is 16.4. The molecule has 8 nitrogen and oxygen atoms in total. The van der Waals surface area contributed by atoms with Crippen molar-refractivity contribution in [3.8, 4) is 5.75 Å². The van der Waals surface area contributed by atoms with Gasteiger partial charge in [0.15, 0.2) is 5.70 Å². The molecule has 3 aromatic carbocycles. The summed E-state index contributed by atoms with van der Waals surface area (Å²) in [5.74, 6) is -1.19. The van der Waals surface area contributed by atoms with E-state index in [4.69, 9.17) is 32.7 Å². The number of aliphatic imine (C=N–C) groups is 1. The van der Waals surface area contributed by atoms with Crippen LogP contribution in [0.15, 0.2) is 75.8 Å². The Balaban J connectivity index is 1.31. The number of rotatable bonds is 5. The summed E-state index contributed by atoms with van der Waals surface area (Å²) >= 11 is 18.7. The third kappa shape index (κ3) is 4.80. The van der Waals surface area contributed by atoms with Gasteiger partial charge in [-0.2, -0.15) is 0 Å². The van der Waals surface area contributed by atoms with Gasteiger partial charge in [-0.15, -0.1) is 22.7 Å². The van der Waals surface area contributed by atoms with E-state index in [1.165, 1.54) is 35.6 Å². The van der Waals surface area contributed by atoms with Crippen molar-refractivity contribution in [2.45, 2.75) is 0 Å². The van der Waals surface area contributed by atoms with Gasteiger partial charge in [-0.3, -0.25) is 10.1 Å². The third-order valence-corrected chi connectivity index (χ3v) is 9.61. The molecule has 1 aliphatic rings. The topological polar surface area (TPSA) is 108 Å².